The van der Waals surface area contributed by atoms with Gasteiger partial charge in [0, 0.05) is 23.6 Å². The van der Waals surface area contributed by atoms with Crippen molar-refractivity contribution in [1.82, 2.24) is 9.38 Å². The number of rotatable bonds is 6. The summed E-state index contributed by atoms with van der Waals surface area (Å²) in [6.07, 6.45) is 2.85. The van der Waals surface area contributed by atoms with Gasteiger partial charge in [-0.05, 0) is 43.3 Å². The van der Waals surface area contributed by atoms with E-state index in [1.54, 1.807) is 11.3 Å². The fourth-order valence-electron chi connectivity index (χ4n) is 2.35. The number of aromatic nitrogens is 2. The average molecular weight is 313 g/mol. The van der Waals surface area contributed by atoms with Crippen molar-refractivity contribution in [2.75, 3.05) is 13.2 Å². The number of benzene rings is 1. The van der Waals surface area contributed by atoms with Gasteiger partial charge >= 0.3 is 0 Å². The molecule has 0 saturated carbocycles. The number of thiazole rings is 1. The Hall–Kier alpha value is -2.11. The lowest BCUT2D eigenvalue weighted by Crippen LogP contribution is -2.05. The van der Waals surface area contributed by atoms with Gasteiger partial charge in [-0.25, -0.2) is 4.98 Å². The minimum atomic E-state index is 0.540. The summed E-state index contributed by atoms with van der Waals surface area (Å²) in [7, 11) is 0. The van der Waals surface area contributed by atoms with Crippen LogP contribution in [0.5, 0.6) is 5.75 Å². The van der Waals surface area contributed by atoms with E-state index in [0.29, 0.717) is 13.2 Å². The summed E-state index contributed by atoms with van der Waals surface area (Å²) < 4.78 is 7.76. The van der Waals surface area contributed by atoms with E-state index in [-0.39, 0.29) is 0 Å². The van der Waals surface area contributed by atoms with E-state index in [1.165, 1.54) is 0 Å². The summed E-state index contributed by atoms with van der Waals surface area (Å²) in [4.78, 5) is 5.74. The maximum atomic E-state index is 5.75. The second-order valence-corrected chi connectivity index (χ2v) is 6.14. The predicted molar refractivity (Wildman–Crippen MR) is 91.6 cm³/mol. The van der Waals surface area contributed by atoms with Crippen LogP contribution in [0.1, 0.15) is 12.6 Å². The second-order valence-electron chi connectivity index (χ2n) is 5.27. The molecule has 1 aromatic carbocycles. The lowest BCUT2D eigenvalue weighted by molar-refractivity contribution is 0.353. The third kappa shape index (κ3) is 2.91. The SMILES string of the molecule is C=C(C)COc1ccc(-c2nc3sccn3c2CCN)cc1. The number of hydrogen-bond donors (Lipinski definition) is 1. The minimum absolute atomic E-state index is 0.540. The Labute approximate surface area is 133 Å². The van der Waals surface area contributed by atoms with Crippen LogP contribution < -0.4 is 10.5 Å². The molecular formula is C17H19N3OS. The molecule has 0 bridgehead atoms. The number of hydrogen-bond acceptors (Lipinski definition) is 4. The van der Waals surface area contributed by atoms with E-state index in [9.17, 15) is 0 Å². The Morgan fingerprint density at radius 2 is 2.14 bits per heavy atom. The molecule has 0 unspecified atom stereocenters. The first-order chi connectivity index (χ1) is 10.7. The largest absolute Gasteiger partial charge is 0.489 e. The quantitative estimate of drug-likeness (QED) is 0.708. The van der Waals surface area contributed by atoms with Crippen LogP contribution in [-0.2, 0) is 6.42 Å². The highest BCUT2D eigenvalue weighted by Crippen LogP contribution is 2.28. The van der Waals surface area contributed by atoms with E-state index in [1.807, 2.05) is 42.8 Å². The molecule has 0 amide bonds. The fourth-order valence-corrected chi connectivity index (χ4v) is 3.09. The van der Waals surface area contributed by atoms with E-state index >= 15 is 0 Å². The van der Waals surface area contributed by atoms with Crippen molar-refractivity contribution in [3.8, 4) is 17.0 Å². The Bertz CT molecular complexity index is 786. The van der Waals surface area contributed by atoms with Gasteiger partial charge in [-0.2, -0.15) is 0 Å². The summed E-state index contributed by atoms with van der Waals surface area (Å²) >= 11 is 1.63. The van der Waals surface area contributed by atoms with Crippen LogP contribution in [0, 0.1) is 0 Å². The molecule has 4 nitrogen and oxygen atoms in total. The monoisotopic (exact) mass is 313 g/mol. The highest BCUT2D eigenvalue weighted by atomic mass is 32.1. The zero-order chi connectivity index (χ0) is 15.5. The van der Waals surface area contributed by atoms with Crippen LogP contribution in [0.15, 0.2) is 48.0 Å². The van der Waals surface area contributed by atoms with Crippen molar-refractivity contribution < 1.29 is 4.74 Å². The van der Waals surface area contributed by atoms with Gasteiger partial charge in [-0.1, -0.05) is 6.58 Å². The standard InChI is InChI=1S/C17H19N3OS/c1-12(2)11-21-14-5-3-13(4-6-14)16-15(7-8-18)20-9-10-22-17(20)19-16/h3-6,9-10H,1,7-8,11,18H2,2H3. The smallest absolute Gasteiger partial charge is 0.194 e. The van der Waals surface area contributed by atoms with Gasteiger partial charge in [0.1, 0.15) is 12.4 Å². The Morgan fingerprint density at radius 1 is 1.36 bits per heavy atom. The molecule has 2 heterocycles. The molecule has 114 valence electrons. The molecule has 0 fully saturated rings. The van der Waals surface area contributed by atoms with Crippen molar-refractivity contribution in [2.45, 2.75) is 13.3 Å². The minimum Gasteiger partial charge on any atom is -0.489 e. The Morgan fingerprint density at radius 3 is 2.82 bits per heavy atom. The summed E-state index contributed by atoms with van der Waals surface area (Å²) in [5, 5.41) is 2.04. The summed E-state index contributed by atoms with van der Waals surface area (Å²) in [5.74, 6) is 0.841. The molecule has 22 heavy (non-hydrogen) atoms. The van der Waals surface area contributed by atoms with E-state index in [4.69, 9.17) is 15.5 Å². The van der Waals surface area contributed by atoms with Crippen molar-refractivity contribution in [3.05, 3.63) is 53.7 Å². The lowest BCUT2D eigenvalue weighted by atomic mass is 10.1. The molecule has 3 aromatic rings. The van der Waals surface area contributed by atoms with Crippen LogP contribution in [0.25, 0.3) is 16.2 Å². The third-order valence-corrected chi connectivity index (χ3v) is 4.11. The van der Waals surface area contributed by atoms with Gasteiger partial charge in [-0.15, -0.1) is 11.3 Å². The first-order valence-corrected chi connectivity index (χ1v) is 8.09. The fraction of sp³-hybridized carbons (Fsp3) is 0.235. The second kappa shape index (κ2) is 6.34. The van der Waals surface area contributed by atoms with Crippen molar-refractivity contribution in [1.29, 1.82) is 0 Å². The van der Waals surface area contributed by atoms with Gasteiger partial charge < -0.3 is 10.5 Å². The Balaban J connectivity index is 1.91. The zero-order valence-corrected chi connectivity index (χ0v) is 13.4. The van der Waals surface area contributed by atoms with Gasteiger partial charge in [0.15, 0.2) is 4.96 Å². The summed E-state index contributed by atoms with van der Waals surface area (Å²) in [6, 6.07) is 8.02. The number of nitrogens with two attached hydrogens (primary N) is 1. The van der Waals surface area contributed by atoms with E-state index in [2.05, 4.69) is 11.0 Å². The number of fused-ring (bicyclic) bond motifs is 1. The van der Waals surface area contributed by atoms with Gasteiger partial charge in [-0.3, -0.25) is 4.40 Å². The van der Waals surface area contributed by atoms with Crippen LogP contribution in [0.2, 0.25) is 0 Å². The molecule has 2 N–H and O–H groups in total. The third-order valence-electron chi connectivity index (χ3n) is 3.36. The molecule has 5 heteroatoms. The van der Waals surface area contributed by atoms with E-state index < -0.39 is 0 Å². The molecule has 0 saturated heterocycles. The molecule has 3 rings (SSSR count). The molecule has 0 atom stereocenters. The maximum Gasteiger partial charge on any atom is 0.194 e. The lowest BCUT2D eigenvalue weighted by Gasteiger charge is -2.07. The first kappa shape index (κ1) is 14.8. The molecule has 0 radical (unpaired) electrons. The molecule has 0 aliphatic carbocycles. The first-order valence-electron chi connectivity index (χ1n) is 7.21. The number of ether oxygens (including phenoxy) is 1. The van der Waals surface area contributed by atoms with Crippen LogP contribution in [-0.4, -0.2) is 22.5 Å². The van der Waals surface area contributed by atoms with Crippen molar-refractivity contribution in [2.24, 2.45) is 5.73 Å². The van der Waals surface area contributed by atoms with E-state index in [0.717, 1.165) is 39.7 Å². The highest BCUT2D eigenvalue weighted by Gasteiger charge is 2.14. The summed E-state index contributed by atoms with van der Waals surface area (Å²) in [6.45, 7) is 6.93. The molecule has 0 aliphatic heterocycles. The van der Waals surface area contributed by atoms with Crippen molar-refractivity contribution >= 4 is 16.3 Å². The summed E-state index contributed by atoms with van der Waals surface area (Å²) in [5.41, 5.74) is 10.0. The highest BCUT2D eigenvalue weighted by molar-refractivity contribution is 7.15. The maximum absolute atomic E-state index is 5.75. The molecule has 0 aliphatic rings. The van der Waals surface area contributed by atoms with Crippen LogP contribution in [0.4, 0.5) is 0 Å². The van der Waals surface area contributed by atoms with Crippen molar-refractivity contribution in [3.63, 3.8) is 0 Å². The predicted octanol–water partition coefficient (Wildman–Crippen LogP) is 3.52. The zero-order valence-electron chi connectivity index (χ0n) is 12.6. The average Bonchev–Trinajstić information content (AvgIpc) is 3.09. The van der Waals surface area contributed by atoms with Crippen LogP contribution in [0.3, 0.4) is 0 Å². The Kier molecular flexibility index (Phi) is 4.27. The normalized spacial score (nSPS) is 11.0. The number of nitrogens with zero attached hydrogens (tertiary/aromatic N) is 2. The van der Waals surface area contributed by atoms with Gasteiger partial charge in [0.05, 0.1) is 11.4 Å². The molecular weight excluding hydrogens is 294 g/mol. The van der Waals surface area contributed by atoms with Crippen LogP contribution >= 0.6 is 11.3 Å². The number of imidazole rings is 1. The van der Waals surface area contributed by atoms with Gasteiger partial charge in [0.2, 0.25) is 0 Å². The molecule has 2 aromatic heterocycles. The van der Waals surface area contributed by atoms with Gasteiger partial charge in [0.25, 0.3) is 0 Å². The molecule has 0 spiro atoms. The topological polar surface area (TPSA) is 52.5 Å².